The average molecular weight is 263 g/mol. The summed E-state index contributed by atoms with van der Waals surface area (Å²) in [4.78, 5) is 14.0. The minimum Gasteiger partial charge on any atom is -0.331 e. The standard InChI is InChI=1S/C15H21NOS/c1-18-15(17)16-12-6-5-9-14(16)11-10-13-7-3-2-4-8-13/h2-4,7-8,14H,5-6,9-12H2,1H3/t14-/m0/s1. The number of amides is 1. The van der Waals surface area contributed by atoms with E-state index in [1.807, 2.05) is 12.3 Å². The molecule has 2 nitrogen and oxygen atoms in total. The molecule has 0 N–H and O–H groups in total. The zero-order valence-corrected chi connectivity index (χ0v) is 11.8. The van der Waals surface area contributed by atoms with E-state index in [-0.39, 0.29) is 5.24 Å². The maximum Gasteiger partial charge on any atom is 0.281 e. The molecule has 1 aliphatic heterocycles. The lowest BCUT2D eigenvalue weighted by Gasteiger charge is -2.35. The molecule has 2 rings (SSSR count). The molecule has 3 heteroatoms. The van der Waals surface area contributed by atoms with Crippen LogP contribution in [-0.4, -0.2) is 29.0 Å². The van der Waals surface area contributed by atoms with Crippen molar-refractivity contribution in [2.45, 2.75) is 38.1 Å². The quantitative estimate of drug-likeness (QED) is 0.823. The van der Waals surface area contributed by atoms with Gasteiger partial charge < -0.3 is 4.90 Å². The molecule has 0 unspecified atom stereocenters. The highest BCUT2D eigenvalue weighted by molar-refractivity contribution is 8.12. The number of aryl methyl sites for hydroxylation is 1. The summed E-state index contributed by atoms with van der Waals surface area (Å²) in [5.74, 6) is 0. The number of thioether (sulfide) groups is 1. The van der Waals surface area contributed by atoms with Crippen LogP contribution in [0.3, 0.4) is 0 Å². The van der Waals surface area contributed by atoms with Gasteiger partial charge >= 0.3 is 0 Å². The zero-order chi connectivity index (χ0) is 12.8. The van der Waals surface area contributed by atoms with E-state index in [4.69, 9.17) is 0 Å². The maximum atomic E-state index is 11.9. The van der Waals surface area contributed by atoms with Crippen LogP contribution in [0.5, 0.6) is 0 Å². The van der Waals surface area contributed by atoms with E-state index < -0.39 is 0 Å². The molecule has 1 atom stereocenters. The normalized spacial score (nSPS) is 19.8. The van der Waals surface area contributed by atoms with Crippen molar-refractivity contribution in [2.75, 3.05) is 12.8 Å². The summed E-state index contributed by atoms with van der Waals surface area (Å²) in [5, 5.41) is 0.243. The number of carbonyl (C=O) groups excluding carboxylic acids is 1. The molecule has 0 bridgehead atoms. The van der Waals surface area contributed by atoms with Gasteiger partial charge in [-0.2, -0.15) is 0 Å². The van der Waals surface area contributed by atoms with Gasteiger partial charge in [0.2, 0.25) is 0 Å². The van der Waals surface area contributed by atoms with Gasteiger partial charge in [-0.1, -0.05) is 42.1 Å². The SMILES string of the molecule is CSC(=O)N1CCCC[C@H]1CCc1ccccc1. The highest BCUT2D eigenvalue weighted by Gasteiger charge is 2.25. The number of nitrogens with zero attached hydrogens (tertiary/aromatic N) is 1. The summed E-state index contributed by atoms with van der Waals surface area (Å²) in [7, 11) is 0. The van der Waals surface area contributed by atoms with Gasteiger partial charge in [0.05, 0.1) is 0 Å². The molecule has 0 saturated carbocycles. The van der Waals surface area contributed by atoms with Crippen molar-refractivity contribution >= 4 is 17.0 Å². The van der Waals surface area contributed by atoms with Gasteiger partial charge in [-0.15, -0.1) is 0 Å². The molecule has 1 aromatic rings. The third-order valence-corrected chi connectivity index (χ3v) is 4.23. The molecule has 1 amide bonds. The Labute approximate surface area is 114 Å². The van der Waals surface area contributed by atoms with Crippen molar-refractivity contribution in [1.29, 1.82) is 0 Å². The second-order valence-corrected chi connectivity index (χ2v) is 5.59. The Morgan fingerprint density at radius 1 is 1.33 bits per heavy atom. The van der Waals surface area contributed by atoms with Crippen LogP contribution in [0.2, 0.25) is 0 Å². The van der Waals surface area contributed by atoms with Crippen molar-refractivity contribution in [3.63, 3.8) is 0 Å². The number of piperidine rings is 1. The predicted octanol–water partition coefficient (Wildman–Crippen LogP) is 3.96. The van der Waals surface area contributed by atoms with Crippen molar-refractivity contribution in [2.24, 2.45) is 0 Å². The van der Waals surface area contributed by atoms with Crippen LogP contribution in [0, 0.1) is 0 Å². The van der Waals surface area contributed by atoms with Crippen LogP contribution in [-0.2, 0) is 6.42 Å². The number of hydrogen-bond donors (Lipinski definition) is 0. The number of benzene rings is 1. The molecule has 1 fully saturated rings. The lowest BCUT2D eigenvalue weighted by atomic mass is 9.96. The molecule has 0 radical (unpaired) electrons. The first-order chi connectivity index (χ1) is 8.81. The summed E-state index contributed by atoms with van der Waals surface area (Å²) in [6.45, 7) is 0.944. The monoisotopic (exact) mass is 263 g/mol. The van der Waals surface area contributed by atoms with Crippen LogP contribution in [0.1, 0.15) is 31.2 Å². The first kappa shape index (κ1) is 13.5. The highest BCUT2D eigenvalue weighted by Crippen LogP contribution is 2.24. The van der Waals surface area contributed by atoms with E-state index in [9.17, 15) is 4.79 Å². The Morgan fingerprint density at radius 3 is 2.83 bits per heavy atom. The Morgan fingerprint density at radius 2 is 2.11 bits per heavy atom. The van der Waals surface area contributed by atoms with E-state index in [1.165, 1.54) is 30.2 Å². The zero-order valence-electron chi connectivity index (χ0n) is 11.0. The number of likely N-dealkylation sites (tertiary alicyclic amines) is 1. The Balaban J connectivity index is 1.91. The largest absolute Gasteiger partial charge is 0.331 e. The lowest BCUT2D eigenvalue weighted by molar-refractivity contribution is 0.168. The summed E-state index contributed by atoms with van der Waals surface area (Å²) in [5.41, 5.74) is 1.37. The third kappa shape index (κ3) is 3.52. The lowest BCUT2D eigenvalue weighted by Crippen LogP contribution is -2.42. The van der Waals surface area contributed by atoms with Crippen LogP contribution in [0.15, 0.2) is 30.3 Å². The van der Waals surface area contributed by atoms with Crippen molar-refractivity contribution in [1.82, 2.24) is 4.90 Å². The molecule has 1 aliphatic rings. The fourth-order valence-electron chi connectivity index (χ4n) is 2.64. The van der Waals surface area contributed by atoms with Gasteiger partial charge in [0.1, 0.15) is 0 Å². The molecule has 1 heterocycles. The number of carbonyl (C=O) groups is 1. The van der Waals surface area contributed by atoms with Crippen LogP contribution in [0.25, 0.3) is 0 Å². The minimum atomic E-state index is 0.243. The smallest absolute Gasteiger partial charge is 0.281 e. The first-order valence-corrected chi connectivity index (χ1v) is 7.92. The minimum absolute atomic E-state index is 0.243. The third-order valence-electron chi connectivity index (χ3n) is 3.65. The number of hydrogen-bond acceptors (Lipinski definition) is 2. The van der Waals surface area contributed by atoms with Crippen LogP contribution < -0.4 is 0 Å². The second-order valence-electron chi connectivity index (χ2n) is 4.84. The van der Waals surface area contributed by atoms with Gasteiger partial charge in [-0.05, 0) is 43.9 Å². The fourth-order valence-corrected chi connectivity index (χ4v) is 3.11. The first-order valence-electron chi connectivity index (χ1n) is 6.70. The molecule has 0 spiro atoms. The molecule has 1 saturated heterocycles. The van der Waals surface area contributed by atoms with E-state index in [2.05, 4.69) is 29.2 Å². The average Bonchev–Trinajstić information content (AvgIpc) is 2.45. The molecule has 0 aliphatic carbocycles. The Bertz CT molecular complexity index is 379. The van der Waals surface area contributed by atoms with Crippen molar-refractivity contribution in [3.8, 4) is 0 Å². The van der Waals surface area contributed by atoms with E-state index >= 15 is 0 Å². The van der Waals surface area contributed by atoms with Crippen molar-refractivity contribution < 1.29 is 4.79 Å². The summed E-state index contributed by atoms with van der Waals surface area (Å²) >= 11 is 1.34. The van der Waals surface area contributed by atoms with Crippen LogP contribution >= 0.6 is 11.8 Å². The molecular formula is C15H21NOS. The molecular weight excluding hydrogens is 242 g/mol. The van der Waals surface area contributed by atoms with Gasteiger partial charge in [-0.25, -0.2) is 0 Å². The highest BCUT2D eigenvalue weighted by atomic mass is 32.2. The van der Waals surface area contributed by atoms with Crippen LogP contribution in [0.4, 0.5) is 4.79 Å². The second kappa shape index (κ2) is 6.83. The van der Waals surface area contributed by atoms with Crippen molar-refractivity contribution in [3.05, 3.63) is 35.9 Å². The molecule has 0 aromatic heterocycles. The summed E-state index contributed by atoms with van der Waals surface area (Å²) in [6.07, 6.45) is 7.63. The topological polar surface area (TPSA) is 20.3 Å². The van der Waals surface area contributed by atoms with E-state index in [0.29, 0.717) is 6.04 Å². The van der Waals surface area contributed by atoms with E-state index in [0.717, 1.165) is 25.8 Å². The van der Waals surface area contributed by atoms with E-state index in [1.54, 1.807) is 0 Å². The van der Waals surface area contributed by atoms with Gasteiger partial charge in [0, 0.05) is 12.6 Å². The number of rotatable bonds is 3. The Hall–Kier alpha value is -0.960. The van der Waals surface area contributed by atoms with Gasteiger partial charge in [0.25, 0.3) is 5.24 Å². The Kier molecular flexibility index (Phi) is 5.12. The molecule has 1 aromatic carbocycles. The maximum absolute atomic E-state index is 11.9. The van der Waals surface area contributed by atoms with Gasteiger partial charge in [0.15, 0.2) is 0 Å². The fraction of sp³-hybridized carbons (Fsp3) is 0.533. The summed E-state index contributed by atoms with van der Waals surface area (Å²) in [6, 6.07) is 11.0. The predicted molar refractivity (Wildman–Crippen MR) is 78.0 cm³/mol. The molecule has 98 valence electrons. The summed E-state index contributed by atoms with van der Waals surface area (Å²) < 4.78 is 0. The molecule has 18 heavy (non-hydrogen) atoms. The van der Waals surface area contributed by atoms with Gasteiger partial charge in [-0.3, -0.25) is 4.79 Å².